The summed E-state index contributed by atoms with van der Waals surface area (Å²) >= 11 is 0. The molecule has 0 unspecified atom stereocenters. The summed E-state index contributed by atoms with van der Waals surface area (Å²) < 4.78 is 5.54. The Kier molecular flexibility index (Phi) is 4.27. The number of ether oxygens (including phenoxy) is 1. The second-order valence-corrected chi connectivity index (χ2v) is 8.28. The van der Waals surface area contributed by atoms with Crippen LogP contribution in [0.25, 0.3) is 11.1 Å². The lowest BCUT2D eigenvalue weighted by atomic mass is 9.98. The van der Waals surface area contributed by atoms with Crippen LogP contribution in [0.3, 0.4) is 0 Å². The van der Waals surface area contributed by atoms with E-state index in [-0.39, 0.29) is 31.5 Å². The van der Waals surface area contributed by atoms with Gasteiger partial charge in [-0.1, -0.05) is 48.5 Å². The van der Waals surface area contributed by atoms with E-state index in [1.54, 1.807) is 0 Å². The number of carbonyl (C=O) groups is 3. The fourth-order valence-corrected chi connectivity index (χ4v) is 4.45. The maximum absolute atomic E-state index is 12.7. The van der Waals surface area contributed by atoms with Crippen LogP contribution in [0.1, 0.15) is 29.9 Å². The molecule has 0 aromatic heterocycles. The van der Waals surface area contributed by atoms with E-state index in [0.717, 1.165) is 22.3 Å². The summed E-state index contributed by atoms with van der Waals surface area (Å²) in [6.07, 6.45) is 0.479. The lowest BCUT2D eigenvalue weighted by Crippen LogP contribution is -2.60. The van der Waals surface area contributed by atoms with Crippen LogP contribution in [-0.4, -0.2) is 53.2 Å². The van der Waals surface area contributed by atoms with Crippen LogP contribution in [0.5, 0.6) is 0 Å². The number of fused-ring (bicyclic) bond motifs is 3. The number of rotatable bonds is 5. The van der Waals surface area contributed by atoms with Crippen molar-refractivity contribution in [2.75, 3.05) is 19.7 Å². The van der Waals surface area contributed by atoms with Gasteiger partial charge in [-0.2, -0.15) is 0 Å². The standard InChI is InChI=1S/C23H22N2O5/c26-20(27)14-11-25(12-14)21(28)23(9-10-23)24-22(29)30-13-19-17-7-3-1-5-15(17)16-6-2-4-8-18(16)19/h1-8,14,19H,9-13H2,(H,24,29)(H,26,27). The smallest absolute Gasteiger partial charge is 0.408 e. The van der Waals surface area contributed by atoms with Crippen LogP contribution in [0.15, 0.2) is 48.5 Å². The molecular weight excluding hydrogens is 384 g/mol. The zero-order valence-corrected chi connectivity index (χ0v) is 16.3. The molecule has 0 radical (unpaired) electrons. The second-order valence-electron chi connectivity index (χ2n) is 8.28. The van der Waals surface area contributed by atoms with Gasteiger partial charge in [-0.05, 0) is 35.1 Å². The van der Waals surface area contributed by atoms with Crippen LogP contribution < -0.4 is 5.32 Å². The normalized spacial score (nSPS) is 18.7. The van der Waals surface area contributed by atoms with Crippen molar-refractivity contribution in [1.29, 1.82) is 0 Å². The first-order valence-electron chi connectivity index (χ1n) is 10.1. The first-order valence-corrected chi connectivity index (χ1v) is 10.1. The summed E-state index contributed by atoms with van der Waals surface area (Å²) in [5.74, 6) is -1.66. The number of benzene rings is 2. The van der Waals surface area contributed by atoms with Gasteiger partial charge >= 0.3 is 12.1 Å². The maximum atomic E-state index is 12.7. The molecule has 0 bridgehead atoms. The van der Waals surface area contributed by atoms with Crippen molar-refractivity contribution in [3.63, 3.8) is 0 Å². The number of aliphatic carboxylic acids is 1. The maximum Gasteiger partial charge on any atom is 0.408 e. The van der Waals surface area contributed by atoms with E-state index in [1.165, 1.54) is 4.90 Å². The fourth-order valence-electron chi connectivity index (χ4n) is 4.45. The minimum absolute atomic E-state index is 0.0410. The summed E-state index contributed by atoms with van der Waals surface area (Å²) in [4.78, 5) is 37.6. The molecule has 2 aromatic rings. The van der Waals surface area contributed by atoms with E-state index in [2.05, 4.69) is 29.6 Å². The Morgan fingerprint density at radius 2 is 1.57 bits per heavy atom. The van der Waals surface area contributed by atoms with Crippen molar-refractivity contribution in [1.82, 2.24) is 10.2 Å². The number of likely N-dealkylation sites (tertiary alicyclic amines) is 1. The van der Waals surface area contributed by atoms with Gasteiger partial charge in [0.2, 0.25) is 5.91 Å². The van der Waals surface area contributed by atoms with E-state index in [9.17, 15) is 14.4 Å². The zero-order chi connectivity index (χ0) is 20.9. The highest BCUT2D eigenvalue weighted by molar-refractivity contribution is 5.94. The van der Waals surface area contributed by atoms with Gasteiger partial charge in [0.05, 0.1) is 5.92 Å². The fraction of sp³-hybridized carbons (Fsp3) is 0.348. The predicted octanol–water partition coefficient (Wildman–Crippen LogP) is 2.60. The lowest BCUT2D eigenvalue weighted by molar-refractivity contribution is -0.154. The third-order valence-electron chi connectivity index (χ3n) is 6.36. The van der Waals surface area contributed by atoms with Gasteiger partial charge in [0.15, 0.2) is 0 Å². The van der Waals surface area contributed by atoms with Gasteiger partial charge in [-0.3, -0.25) is 9.59 Å². The van der Waals surface area contributed by atoms with Gasteiger partial charge in [0.1, 0.15) is 12.1 Å². The molecule has 154 valence electrons. The van der Waals surface area contributed by atoms with Gasteiger partial charge in [-0.25, -0.2) is 4.79 Å². The minimum atomic E-state index is -0.938. The largest absolute Gasteiger partial charge is 0.481 e. The Balaban J connectivity index is 1.22. The molecule has 7 nitrogen and oxygen atoms in total. The summed E-state index contributed by atoms with van der Waals surface area (Å²) in [7, 11) is 0. The molecule has 2 aromatic carbocycles. The number of carboxylic acid groups (broad SMARTS) is 1. The number of carbonyl (C=O) groups excluding carboxylic acids is 2. The molecule has 30 heavy (non-hydrogen) atoms. The highest BCUT2D eigenvalue weighted by Gasteiger charge is 2.55. The number of amides is 2. The number of carboxylic acids is 1. The Hall–Kier alpha value is -3.35. The molecule has 3 aliphatic rings. The van der Waals surface area contributed by atoms with Gasteiger partial charge in [0, 0.05) is 19.0 Å². The van der Waals surface area contributed by atoms with E-state index in [4.69, 9.17) is 9.84 Å². The first-order chi connectivity index (χ1) is 14.5. The lowest BCUT2D eigenvalue weighted by Gasteiger charge is -2.39. The topological polar surface area (TPSA) is 95.9 Å². The summed E-state index contributed by atoms with van der Waals surface area (Å²) in [5.41, 5.74) is 3.63. The molecule has 0 atom stereocenters. The summed E-state index contributed by atoms with van der Waals surface area (Å²) in [5, 5.41) is 11.7. The Morgan fingerprint density at radius 1 is 1.00 bits per heavy atom. The van der Waals surface area contributed by atoms with Crippen molar-refractivity contribution in [2.24, 2.45) is 5.92 Å². The van der Waals surface area contributed by atoms with Crippen LogP contribution in [0, 0.1) is 5.92 Å². The molecule has 0 spiro atoms. The van der Waals surface area contributed by atoms with E-state index < -0.39 is 23.5 Å². The number of hydrogen-bond acceptors (Lipinski definition) is 4. The molecule has 1 aliphatic heterocycles. The van der Waals surface area contributed by atoms with Crippen molar-refractivity contribution in [2.45, 2.75) is 24.3 Å². The van der Waals surface area contributed by atoms with Crippen molar-refractivity contribution < 1.29 is 24.2 Å². The van der Waals surface area contributed by atoms with Crippen LogP contribution in [-0.2, 0) is 14.3 Å². The Morgan fingerprint density at radius 3 is 2.10 bits per heavy atom. The Bertz CT molecular complexity index is 994. The SMILES string of the molecule is O=C(NC1(C(=O)N2CC(C(=O)O)C2)CC1)OCC1c2ccccc2-c2ccccc21. The number of alkyl carbamates (subject to hydrolysis) is 1. The monoisotopic (exact) mass is 406 g/mol. The average Bonchev–Trinajstić information content (AvgIpc) is 3.41. The second kappa shape index (κ2) is 6.86. The molecular formula is C23H22N2O5. The minimum Gasteiger partial charge on any atom is -0.481 e. The number of nitrogens with zero attached hydrogens (tertiary/aromatic N) is 1. The van der Waals surface area contributed by atoms with Crippen LogP contribution in [0.4, 0.5) is 4.79 Å². The number of hydrogen-bond donors (Lipinski definition) is 2. The highest BCUT2D eigenvalue weighted by atomic mass is 16.5. The molecule has 2 aliphatic carbocycles. The average molecular weight is 406 g/mol. The van der Waals surface area contributed by atoms with Gasteiger partial charge in [-0.15, -0.1) is 0 Å². The van der Waals surface area contributed by atoms with E-state index in [1.807, 2.05) is 24.3 Å². The Labute approximate surface area is 173 Å². The molecule has 7 heteroatoms. The van der Waals surface area contributed by atoms with E-state index >= 15 is 0 Å². The molecule has 1 heterocycles. The van der Waals surface area contributed by atoms with Crippen LogP contribution >= 0.6 is 0 Å². The molecule has 2 fully saturated rings. The molecule has 2 N–H and O–H groups in total. The molecule has 1 saturated carbocycles. The molecule has 2 amide bonds. The number of nitrogens with one attached hydrogen (secondary N) is 1. The third-order valence-corrected chi connectivity index (χ3v) is 6.36. The highest BCUT2D eigenvalue weighted by Crippen LogP contribution is 2.44. The summed E-state index contributed by atoms with van der Waals surface area (Å²) in [6, 6.07) is 16.2. The molecule has 1 saturated heterocycles. The first kappa shape index (κ1) is 18.7. The van der Waals surface area contributed by atoms with Gasteiger partial charge < -0.3 is 20.1 Å². The third kappa shape index (κ3) is 3.01. The van der Waals surface area contributed by atoms with E-state index in [0.29, 0.717) is 12.8 Å². The van der Waals surface area contributed by atoms with Crippen molar-refractivity contribution in [3.8, 4) is 11.1 Å². The summed E-state index contributed by atoms with van der Waals surface area (Å²) in [6.45, 7) is 0.583. The van der Waals surface area contributed by atoms with Crippen molar-refractivity contribution in [3.05, 3.63) is 59.7 Å². The van der Waals surface area contributed by atoms with Gasteiger partial charge in [0.25, 0.3) is 0 Å². The zero-order valence-electron chi connectivity index (χ0n) is 16.3. The molecule has 5 rings (SSSR count). The van der Waals surface area contributed by atoms with Crippen molar-refractivity contribution >= 4 is 18.0 Å². The quantitative estimate of drug-likeness (QED) is 0.796. The van der Waals surface area contributed by atoms with Crippen LogP contribution in [0.2, 0.25) is 0 Å². The predicted molar refractivity (Wildman–Crippen MR) is 108 cm³/mol.